The molecule has 110 valence electrons. The molecule has 0 spiro atoms. The van der Waals surface area contributed by atoms with Gasteiger partial charge >= 0.3 is 0 Å². The molecule has 21 heavy (non-hydrogen) atoms. The zero-order valence-electron chi connectivity index (χ0n) is 11.3. The largest absolute Gasteiger partial charge is 0.376 e. The zero-order chi connectivity index (χ0) is 15.4. The maximum Gasteiger partial charge on any atom is 0.272 e. The van der Waals surface area contributed by atoms with Crippen LogP contribution in [0.4, 0.5) is 11.4 Å². The lowest BCUT2D eigenvalue weighted by molar-refractivity contribution is -0.384. The number of nitrogens with one attached hydrogen (secondary N) is 1. The molecule has 2 rings (SSSR count). The SMILES string of the molecule is CCC(Nc1c(Cl)cc([N+](=O)[O-])cc1Cl)c1ccccc1. The molecule has 0 saturated carbocycles. The molecule has 0 aliphatic rings. The molecular weight excluding hydrogens is 311 g/mol. The zero-order valence-corrected chi connectivity index (χ0v) is 12.9. The van der Waals surface area contributed by atoms with Gasteiger partial charge in [0.2, 0.25) is 0 Å². The van der Waals surface area contributed by atoms with Crippen molar-refractivity contribution >= 4 is 34.6 Å². The topological polar surface area (TPSA) is 55.2 Å². The first-order chi connectivity index (χ1) is 10.0. The van der Waals surface area contributed by atoms with Crippen molar-refractivity contribution in [1.82, 2.24) is 0 Å². The quantitative estimate of drug-likeness (QED) is 0.586. The Morgan fingerprint density at radius 2 is 1.76 bits per heavy atom. The summed E-state index contributed by atoms with van der Waals surface area (Å²) in [6.07, 6.45) is 0.827. The van der Waals surface area contributed by atoms with E-state index in [-0.39, 0.29) is 21.8 Å². The Labute approximate surface area is 132 Å². The Morgan fingerprint density at radius 1 is 1.19 bits per heavy atom. The third kappa shape index (κ3) is 3.65. The highest BCUT2D eigenvalue weighted by atomic mass is 35.5. The summed E-state index contributed by atoms with van der Waals surface area (Å²) in [5, 5.41) is 14.5. The van der Waals surface area contributed by atoms with Crippen molar-refractivity contribution in [2.24, 2.45) is 0 Å². The van der Waals surface area contributed by atoms with Crippen LogP contribution in [0, 0.1) is 10.1 Å². The lowest BCUT2D eigenvalue weighted by atomic mass is 10.0. The first kappa shape index (κ1) is 15.6. The lowest BCUT2D eigenvalue weighted by Crippen LogP contribution is -2.10. The van der Waals surface area contributed by atoms with Crippen LogP contribution in [0.3, 0.4) is 0 Å². The van der Waals surface area contributed by atoms with E-state index >= 15 is 0 Å². The summed E-state index contributed by atoms with van der Waals surface area (Å²) in [4.78, 5) is 10.3. The number of halogens is 2. The van der Waals surface area contributed by atoms with Crippen LogP contribution in [0.25, 0.3) is 0 Å². The van der Waals surface area contributed by atoms with Crippen LogP contribution in [0.1, 0.15) is 24.9 Å². The predicted octanol–water partition coefficient (Wildman–Crippen LogP) is 5.46. The molecule has 1 N–H and O–H groups in total. The predicted molar refractivity (Wildman–Crippen MR) is 86.2 cm³/mol. The Kier molecular flexibility index (Phi) is 5.04. The second-order valence-electron chi connectivity index (χ2n) is 4.56. The minimum absolute atomic E-state index is 0.0302. The van der Waals surface area contributed by atoms with Gasteiger partial charge in [0.25, 0.3) is 5.69 Å². The van der Waals surface area contributed by atoms with Gasteiger partial charge < -0.3 is 5.32 Å². The van der Waals surface area contributed by atoms with Crippen LogP contribution in [0.5, 0.6) is 0 Å². The summed E-state index contributed by atoms with van der Waals surface area (Å²) in [5.74, 6) is 0. The summed E-state index contributed by atoms with van der Waals surface area (Å²) in [7, 11) is 0. The molecule has 6 heteroatoms. The van der Waals surface area contributed by atoms with Gasteiger partial charge in [0.1, 0.15) is 0 Å². The van der Waals surface area contributed by atoms with Crippen LogP contribution < -0.4 is 5.32 Å². The third-order valence-electron chi connectivity index (χ3n) is 3.17. The van der Waals surface area contributed by atoms with E-state index in [0.717, 1.165) is 12.0 Å². The van der Waals surface area contributed by atoms with E-state index in [4.69, 9.17) is 23.2 Å². The number of benzene rings is 2. The van der Waals surface area contributed by atoms with Crippen molar-refractivity contribution in [3.8, 4) is 0 Å². The van der Waals surface area contributed by atoms with Gasteiger partial charge in [0.05, 0.1) is 26.7 Å². The minimum Gasteiger partial charge on any atom is -0.376 e. The summed E-state index contributed by atoms with van der Waals surface area (Å²) in [6.45, 7) is 2.04. The highest BCUT2D eigenvalue weighted by molar-refractivity contribution is 6.39. The average molecular weight is 325 g/mol. The van der Waals surface area contributed by atoms with Gasteiger partial charge in [-0.25, -0.2) is 0 Å². The monoisotopic (exact) mass is 324 g/mol. The first-order valence-corrected chi connectivity index (χ1v) is 7.23. The summed E-state index contributed by atoms with van der Waals surface area (Å²) < 4.78 is 0. The summed E-state index contributed by atoms with van der Waals surface area (Å²) >= 11 is 12.2. The fourth-order valence-corrected chi connectivity index (χ4v) is 2.67. The van der Waals surface area contributed by atoms with Gasteiger partial charge in [-0.3, -0.25) is 10.1 Å². The number of non-ortho nitro benzene ring substituents is 1. The smallest absolute Gasteiger partial charge is 0.272 e. The highest BCUT2D eigenvalue weighted by Crippen LogP contribution is 2.37. The van der Waals surface area contributed by atoms with Crippen molar-refractivity contribution in [1.29, 1.82) is 0 Å². The maximum atomic E-state index is 10.8. The van der Waals surface area contributed by atoms with Gasteiger partial charge in [0, 0.05) is 12.1 Å². The van der Waals surface area contributed by atoms with Crippen molar-refractivity contribution in [2.75, 3.05) is 5.32 Å². The fourth-order valence-electron chi connectivity index (χ4n) is 2.08. The minimum atomic E-state index is -0.518. The molecule has 0 aliphatic heterocycles. The molecule has 2 aromatic rings. The van der Waals surface area contributed by atoms with Crippen LogP contribution in [-0.4, -0.2) is 4.92 Å². The number of hydrogen-bond acceptors (Lipinski definition) is 3. The molecule has 0 bridgehead atoms. The Bertz CT molecular complexity index is 624. The molecule has 0 heterocycles. The van der Waals surface area contributed by atoms with Gasteiger partial charge in [-0.15, -0.1) is 0 Å². The second kappa shape index (κ2) is 6.78. The van der Waals surface area contributed by atoms with Gasteiger partial charge in [-0.05, 0) is 12.0 Å². The van der Waals surface area contributed by atoms with Crippen molar-refractivity contribution in [2.45, 2.75) is 19.4 Å². The number of nitrogens with zero attached hydrogens (tertiary/aromatic N) is 1. The molecule has 1 unspecified atom stereocenters. The lowest BCUT2D eigenvalue weighted by Gasteiger charge is -2.20. The van der Waals surface area contributed by atoms with Crippen LogP contribution in [0.2, 0.25) is 10.0 Å². The number of anilines is 1. The molecule has 1 atom stereocenters. The number of rotatable bonds is 5. The molecule has 4 nitrogen and oxygen atoms in total. The second-order valence-corrected chi connectivity index (χ2v) is 5.37. The van der Waals surface area contributed by atoms with E-state index in [9.17, 15) is 10.1 Å². The molecule has 0 radical (unpaired) electrons. The van der Waals surface area contributed by atoms with E-state index in [2.05, 4.69) is 5.32 Å². The van der Waals surface area contributed by atoms with E-state index in [1.807, 2.05) is 37.3 Å². The average Bonchev–Trinajstić information content (AvgIpc) is 2.47. The molecule has 2 aromatic carbocycles. The standard InChI is InChI=1S/C15H14Cl2N2O2/c1-2-14(10-6-4-3-5-7-10)18-15-12(16)8-11(19(20)21)9-13(15)17/h3-9,14,18H,2H2,1H3. The van der Waals surface area contributed by atoms with E-state index in [1.165, 1.54) is 12.1 Å². The molecule has 0 aliphatic carbocycles. The van der Waals surface area contributed by atoms with E-state index < -0.39 is 4.92 Å². The van der Waals surface area contributed by atoms with Crippen molar-refractivity contribution in [3.63, 3.8) is 0 Å². The fraction of sp³-hybridized carbons (Fsp3) is 0.200. The summed E-state index contributed by atoms with van der Waals surface area (Å²) in [5.41, 5.74) is 1.49. The van der Waals surface area contributed by atoms with Gasteiger partial charge in [-0.1, -0.05) is 60.5 Å². The third-order valence-corrected chi connectivity index (χ3v) is 3.76. The van der Waals surface area contributed by atoms with Gasteiger partial charge in [0.15, 0.2) is 0 Å². The Morgan fingerprint density at radius 3 is 2.24 bits per heavy atom. The molecule has 0 amide bonds. The van der Waals surface area contributed by atoms with Crippen molar-refractivity contribution in [3.05, 3.63) is 68.2 Å². The first-order valence-electron chi connectivity index (χ1n) is 6.47. The molecule has 0 saturated heterocycles. The Balaban J connectivity index is 2.32. The molecular formula is C15H14Cl2N2O2. The van der Waals surface area contributed by atoms with Crippen LogP contribution >= 0.6 is 23.2 Å². The maximum absolute atomic E-state index is 10.8. The van der Waals surface area contributed by atoms with Crippen LogP contribution in [0.15, 0.2) is 42.5 Å². The Hall–Kier alpha value is -1.78. The van der Waals surface area contributed by atoms with E-state index in [0.29, 0.717) is 5.69 Å². The van der Waals surface area contributed by atoms with E-state index in [1.54, 1.807) is 0 Å². The number of nitro groups is 1. The number of nitro benzene ring substituents is 1. The normalized spacial score (nSPS) is 12.0. The van der Waals surface area contributed by atoms with Gasteiger partial charge in [-0.2, -0.15) is 0 Å². The van der Waals surface area contributed by atoms with Crippen molar-refractivity contribution < 1.29 is 4.92 Å². The molecule has 0 fully saturated rings. The summed E-state index contributed by atoms with van der Waals surface area (Å²) in [6, 6.07) is 12.5. The van der Waals surface area contributed by atoms with Crippen LogP contribution in [-0.2, 0) is 0 Å². The molecule has 0 aromatic heterocycles. The highest BCUT2D eigenvalue weighted by Gasteiger charge is 2.17. The number of hydrogen-bond donors (Lipinski definition) is 1.